The molecule has 0 saturated heterocycles. The van der Waals surface area contributed by atoms with Crippen LogP contribution in [0, 0.1) is 0 Å². The number of aliphatic hydroxyl groups excluding tert-OH is 2. The molecule has 1 heterocycles. The van der Waals surface area contributed by atoms with Gasteiger partial charge in [-0.05, 0) is 12.1 Å². The number of hydrogen-bond acceptors (Lipinski definition) is 6. The molecule has 1 unspecified atom stereocenters. The summed E-state index contributed by atoms with van der Waals surface area (Å²) in [5.41, 5.74) is 1.45. The lowest BCUT2D eigenvalue weighted by Gasteiger charge is -2.08. The number of aromatic nitrogens is 3. The quantitative estimate of drug-likeness (QED) is 0.660. The lowest BCUT2D eigenvalue weighted by molar-refractivity contribution is 0.105. The summed E-state index contributed by atoms with van der Waals surface area (Å²) in [6, 6.07) is 7.38. The first-order chi connectivity index (χ1) is 7.79. The van der Waals surface area contributed by atoms with Gasteiger partial charge in [-0.2, -0.15) is 0 Å². The summed E-state index contributed by atoms with van der Waals surface area (Å²) in [5.74, 6) is 0.339. The normalized spacial score (nSPS) is 12.6. The van der Waals surface area contributed by atoms with Crippen molar-refractivity contribution in [2.75, 3.05) is 18.5 Å². The Hall–Kier alpha value is -1.79. The van der Waals surface area contributed by atoms with Crippen molar-refractivity contribution in [2.24, 2.45) is 0 Å². The maximum atomic E-state index is 9.14. The van der Waals surface area contributed by atoms with E-state index in [0.29, 0.717) is 5.95 Å². The Kier molecular flexibility index (Phi) is 3.23. The van der Waals surface area contributed by atoms with Crippen LogP contribution in [0.2, 0.25) is 0 Å². The molecular formula is C10H12N4O2. The van der Waals surface area contributed by atoms with Gasteiger partial charge in [0.1, 0.15) is 5.52 Å². The Labute approximate surface area is 92.0 Å². The smallest absolute Gasteiger partial charge is 0.243 e. The monoisotopic (exact) mass is 220 g/mol. The van der Waals surface area contributed by atoms with Crippen LogP contribution in [-0.4, -0.2) is 44.7 Å². The van der Waals surface area contributed by atoms with E-state index in [-0.39, 0.29) is 13.2 Å². The highest BCUT2D eigenvalue weighted by Crippen LogP contribution is 2.08. The molecule has 0 spiro atoms. The molecule has 3 N–H and O–H groups in total. The van der Waals surface area contributed by atoms with Gasteiger partial charge in [-0.3, -0.25) is 0 Å². The van der Waals surface area contributed by atoms with Crippen LogP contribution < -0.4 is 5.32 Å². The minimum absolute atomic E-state index is 0.191. The molecule has 0 radical (unpaired) electrons. The number of benzene rings is 1. The number of rotatable bonds is 4. The fourth-order valence-corrected chi connectivity index (χ4v) is 1.23. The standard InChI is InChI=1S/C10H12N4O2/c15-6-7(16)5-11-10-12-8-3-1-2-4-9(8)13-14-10/h1-4,7,15-16H,5-6H2,(H,11,12,14). The molecule has 6 nitrogen and oxygen atoms in total. The van der Waals surface area contributed by atoms with Gasteiger partial charge < -0.3 is 15.5 Å². The number of fused-ring (bicyclic) bond motifs is 1. The highest BCUT2D eigenvalue weighted by Gasteiger charge is 2.04. The van der Waals surface area contributed by atoms with Gasteiger partial charge in [0, 0.05) is 6.54 Å². The second kappa shape index (κ2) is 4.82. The average molecular weight is 220 g/mol. The molecule has 84 valence electrons. The van der Waals surface area contributed by atoms with Crippen LogP contribution in [0.4, 0.5) is 5.95 Å². The SMILES string of the molecule is OCC(O)CNc1nnc2ccccc2n1. The predicted molar refractivity (Wildman–Crippen MR) is 58.9 cm³/mol. The zero-order valence-electron chi connectivity index (χ0n) is 8.54. The Balaban J connectivity index is 2.13. The van der Waals surface area contributed by atoms with E-state index in [4.69, 9.17) is 10.2 Å². The largest absolute Gasteiger partial charge is 0.394 e. The topological polar surface area (TPSA) is 91.2 Å². The number of hydrogen-bond donors (Lipinski definition) is 3. The summed E-state index contributed by atoms with van der Waals surface area (Å²) in [4.78, 5) is 4.20. The average Bonchev–Trinajstić information content (AvgIpc) is 2.35. The Bertz CT molecular complexity index is 477. The zero-order valence-corrected chi connectivity index (χ0v) is 8.54. The number of nitrogens with one attached hydrogen (secondary N) is 1. The van der Waals surface area contributed by atoms with E-state index in [1.165, 1.54) is 0 Å². The molecule has 1 atom stereocenters. The van der Waals surface area contributed by atoms with Gasteiger partial charge >= 0.3 is 0 Å². The van der Waals surface area contributed by atoms with E-state index in [2.05, 4.69) is 20.5 Å². The van der Waals surface area contributed by atoms with Crippen molar-refractivity contribution >= 4 is 17.0 Å². The van der Waals surface area contributed by atoms with Crippen LogP contribution in [0.15, 0.2) is 24.3 Å². The molecule has 0 aliphatic heterocycles. The molecule has 2 rings (SSSR count). The lowest BCUT2D eigenvalue weighted by Crippen LogP contribution is -2.23. The first-order valence-corrected chi connectivity index (χ1v) is 4.92. The third-order valence-electron chi connectivity index (χ3n) is 2.07. The van der Waals surface area contributed by atoms with E-state index >= 15 is 0 Å². The Morgan fingerprint density at radius 3 is 2.69 bits per heavy atom. The van der Waals surface area contributed by atoms with Gasteiger partial charge in [-0.25, -0.2) is 4.98 Å². The highest BCUT2D eigenvalue weighted by molar-refractivity contribution is 5.73. The van der Waals surface area contributed by atoms with Gasteiger partial charge in [0.25, 0.3) is 0 Å². The molecule has 6 heteroatoms. The molecule has 1 aromatic heterocycles. The Morgan fingerprint density at radius 1 is 1.19 bits per heavy atom. The third-order valence-corrected chi connectivity index (χ3v) is 2.07. The minimum atomic E-state index is -0.824. The van der Waals surface area contributed by atoms with Crippen LogP contribution >= 0.6 is 0 Å². The van der Waals surface area contributed by atoms with Gasteiger partial charge in [0.2, 0.25) is 5.95 Å². The molecule has 0 aliphatic carbocycles. The summed E-state index contributed by atoms with van der Waals surface area (Å²) in [7, 11) is 0. The molecule has 16 heavy (non-hydrogen) atoms. The van der Waals surface area contributed by atoms with Crippen LogP contribution in [0.25, 0.3) is 11.0 Å². The summed E-state index contributed by atoms with van der Waals surface area (Å²) in [6.45, 7) is -0.107. The van der Waals surface area contributed by atoms with Crippen molar-refractivity contribution in [3.63, 3.8) is 0 Å². The molecule has 2 aromatic rings. The maximum absolute atomic E-state index is 9.14. The highest BCUT2D eigenvalue weighted by atomic mass is 16.3. The summed E-state index contributed by atoms with van der Waals surface area (Å²) in [6.07, 6.45) is -0.824. The Morgan fingerprint density at radius 2 is 1.94 bits per heavy atom. The first kappa shape index (κ1) is 10.7. The van der Waals surface area contributed by atoms with Gasteiger partial charge in [-0.15, -0.1) is 10.2 Å². The second-order valence-electron chi connectivity index (χ2n) is 3.34. The molecule has 0 saturated carbocycles. The van der Waals surface area contributed by atoms with E-state index in [9.17, 15) is 0 Å². The van der Waals surface area contributed by atoms with Gasteiger partial charge in [0.15, 0.2) is 0 Å². The fraction of sp³-hybridized carbons (Fsp3) is 0.300. The minimum Gasteiger partial charge on any atom is -0.394 e. The molecule has 0 amide bonds. The third kappa shape index (κ3) is 2.41. The van der Waals surface area contributed by atoms with Crippen molar-refractivity contribution in [2.45, 2.75) is 6.10 Å². The van der Waals surface area contributed by atoms with Gasteiger partial charge in [-0.1, -0.05) is 12.1 Å². The van der Waals surface area contributed by atoms with Crippen molar-refractivity contribution in [3.8, 4) is 0 Å². The van der Waals surface area contributed by atoms with E-state index < -0.39 is 6.10 Å². The van der Waals surface area contributed by atoms with Crippen molar-refractivity contribution in [1.82, 2.24) is 15.2 Å². The lowest BCUT2D eigenvalue weighted by atomic mass is 10.3. The van der Waals surface area contributed by atoms with Crippen LogP contribution in [0.1, 0.15) is 0 Å². The predicted octanol–water partition coefficient (Wildman–Crippen LogP) is -0.210. The molecule has 0 aliphatic rings. The molecule has 1 aromatic carbocycles. The number of anilines is 1. The van der Waals surface area contributed by atoms with Crippen LogP contribution in [0.5, 0.6) is 0 Å². The molecular weight excluding hydrogens is 208 g/mol. The number of nitrogens with zero attached hydrogens (tertiary/aromatic N) is 3. The van der Waals surface area contributed by atoms with E-state index in [0.717, 1.165) is 11.0 Å². The van der Waals surface area contributed by atoms with Crippen molar-refractivity contribution in [1.29, 1.82) is 0 Å². The first-order valence-electron chi connectivity index (χ1n) is 4.92. The van der Waals surface area contributed by atoms with Gasteiger partial charge in [0.05, 0.1) is 18.2 Å². The maximum Gasteiger partial charge on any atom is 0.243 e. The van der Waals surface area contributed by atoms with Crippen molar-refractivity contribution in [3.05, 3.63) is 24.3 Å². The van der Waals surface area contributed by atoms with Crippen LogP contribution in [-0.2, 0) is 0 Å². The fourth-order valence-electron chi connectivity index (χ4n) is 1.23. The van der Waals surface area contributed by atoms with Crippen LogP contribution in [0.3, 0.4) is 0 Å². The number of aliphatic hydroxyl groups is 2. The second-order valence-corrected chi connectivity index (χ2v) is 3.34. The summed E-state index contributed by atoms with van der Waals surface area (Å²) < 4.78 is 0. The summed E-state index contributed by atoms with van der Waals surface area (Å²) in [5, 5.41) is 28.4. The number of para-hydroxylation sites is 1. The molecule has 0 bridgehead atoms. The molecule has 0 fully saturated rings. The van der Waals surface area contributed by atoms with Crippen molar-refractivity contribution < 1.29 is 10.2 Å². The zero-order chi connectivity index (χ0) is 11.4. The van der Waals surface area contributed by atoms with E-state index in [1.807, 2.05) is 24.3 Å². The van der Waals surface area contributed by atoms with E-state index in [1.54, 1.807) is 0 Å². The summed E-state index contributed by atoms with van der Waals surface area (Å²) >= 11 is 0.